The van der Waals surface area contributed by atoms with Crippen LogP contribution in [0.15, 0.2) is 42.5 Å². The molecule has 2 fully saturated rings. The highest BCUT2D eigenvalue weighted by molar-refractivity contribution is 7.88. The Labute approximate surface area is 229 Å². The van der Waals surface area contributed by atoms with Crippen molar-refractivity contribution in [2.24, 2.45) is 11.7 Å². The molecule has 0 aromatic heterocycles. The Morgan fingerprint density at radius 1 is 1.15 bits per heavy atom. The summed E-state index contributed by atoms with van der Waals surface area (Å²) in [4.78, 5) is 13.5. The molecule has 2 aromatic rings. The van der Waals surface area contributed by atoms with Crippen LogP contribution in [0.3, 0.4) is 0 Å². The van der Waals surface area contributed by atoms with E-state index in [1.165, 1.54) is 34.8 Å². The number of benzene rings is 2. The van der Waals surface area contributed by atoms with E-state index in [1.54, 1.807) is 18.2 Å². The topological polar surface area (TPSA) is 114 Å². The van der Waals surface area contributed by atoms with Crippen LogP contribution in [-0.2, 0) is 26.0 Å². The van der Waals surface area contributed by atoms with Gasteiger partial charge in [-0.3, -0.25) is 4.79 Å². The molecule has 39 heavy (non-hydrogen) atoms. The summed E-state index contributed by atoms with van der Waals surface area (Å²) in [6.45, 7) is 3.97. The zero-order chi connectivity index (χ0) is 28.2. The van der Waals surface area contributed by atoms with E-state index >= 15 is 4.39 Å². The monoisotopic (exact) mass is 564 g/mol. The van der Waals surface area contributed by atoms with Gasteiger partial charge >= 0.3 is 0 Å². The fraction of sp³-hybridized carbons (Fsp3) is 0.536. The number of hydrogen-bond donors (Lipinski definition) is 3. The first-order valence-corrected chi connectivity index (χ1v) is 15.3. The van der Waals surface area contributed by atoms with Gasteiger partial charge in [0.05, 0.1) is 12.3 Å². The quantitative estimate of drug-likeness (QED) is 0.432. The van der Waals surface area contributed by atoms with Crippen molar-refractivity contribution in [2.45, 2.75) is 56.7 Å². The van der Waals surface area contributed by atoms with Crippen molar-refractivity contribution in [3.8, 4) is 0 Å². The minimum Gasteiger partial charge on any atom is -0.381 e. The molecule has 4 atom stereocenters. The van der Waals surface area contributed by atoms with Crippen LogP contribution >= 0.6 is 0 Å². The molecular weight excluding hydrogens is 526 g/mol. The highest BCUT2D eigenvalue weighted by atomic mass is 32.2. The van der Waals surface area contributed by atoms with E-state index in [2.05, 4.69) is 10.6 Å². The van der Waals surface area contributed by atoms with E-state index in [4.69, 9.17) is 10.5 Å². The molecule has 2 aliphatic heterocycles. The van der Waals surface area contributed by atoms with E-state index < -0.39 is 27.8 Å². The maximum atomic E-state index is 15.0. The maximum absolute atomic E-state index is 15.0. The van der Waals surface area contributed by atoms with Crippen LogP contribution in [0.5, 0.6) is 0 Å². The smallest absolute Gasteiger partial charge is 0.241 e. The minimum absolute atomic E-state index is 0.0692. The SMILES string of the molecule is C[C@@H]1CNC[C@H](CCc2c(F)cccc2NC(=O)[C@@H](N)[C@@H](c2ccc(F)cc2)C2CCOCC2)N1S(C)(=O)=O. The molecule has 2 aromatic carbocycles. The van der Waals surface area contributed by atoms with Crippen molar-refractivity contribution in [2.75, 3.05) is 37.9 Å². The van der Waals surface area contributed by atoms with Gasteiger partial charge in [-0.05, 0) is 68.4 Å². The Morgan fingerprint density at radius 2 is 1.85 bits per heavy atom. The number of hydrogen-bond acceptors (Lipinski definition) is 6. The van der Waals surface area contributed by atoms with Gasteiger partial charge in [0.25, 0.3) is 0 Å². The van der Waals surface area contributed by atoms with Crippen LogP contribution in [0, 0.1) is 17.6 Å². The van der Waals surface area contributed by atoms with Crippen molar-refractivity contribution in [1.82, 2.24) is 9.62 Å². The van der Waals surface area contributed by atoms with Crippen molar-refractivity contribution in [3.05, 3.63) is 65.2 Å². The standard InChI is InChI=1S/C28H38F2N4O4S/c1-18-16-32-17-22(34(18)39(2,36)37)10-11-23-24(30)4-3-5-25(23)33-28(35)27(31)26(20-12-14-38-15-13-20)19-6-8-21(29)9-7-19/h3-9,18,20,22,26-27,32H,10-17,31H2,1-2H3,(H,33,35)/t18-,22+,26+,27+/m1/s1. The first-order valence-electron chi connectivity index (χ1n) is 13.4. The molecule has 0 aliphatic carbocycles. The second kappa shape index (κ2) is 12.8. The number of ether oxygens (including phenoxy) is 1. The third-order valence-corrected chi connectivity index (χ3v) is 9.24. The van der Waals surface area contributed by atoms with E-state index in [1.807, 2.05) is 6.92 Å². The van der Waals surface area contributed by atoms with Crippen LogP contribution in [-0.4, -0.2) is 69.3 Å². The molecule has 2 saturated heterocycles. The van der Waals surface area contributed by atoms with Crippen molar-refractivity contribution < 1.29 is 26.7 Å². The lowest BCUT2D eigenvalue weighted by molar-refractivity contribution is -0.118. The average Bonchev–Trinajstić information content (AvgIpc) is 2.89. The Bertz CT molecular complexity index is 1240. The van der Waals surface area contributed by atoms with Crippen molar-refractivity contribution in [1.29, 1.82) is 0 Å². The Morgan fingerprint density at radius 3 is 2.51 bits per heavy atom. The molecular formula is C28H38F2N4O4S. The maximum Gasteiger partial charge on any atom is 0.241 e. The van der Waals surface area contributed by atoms with Crippen molar-refractivity contribution >= 4 is 21.6 Å². The van der Waals surface area contributed by atoms with Gasteiger partial charge in [0.15, 0.2) is 0 Å². The number of amides is 1. The second-order valence-electron chi connectivity index (χ2n) is 10.6. The fourth-order valence-electron chi connectivity index (χ4n) is 5.98. The lowest BCUT2D eigenvalue weighted by Crippen LogP contribution is -2.58. The molecule has 4 rings (SSSR count). The van der Waals surface area contributed by atoms with Gasteiger partial charge in [-0.2, -0.15) is 4.31 Å². The number of sulfonamides is 1. The first-order chi connectivity index (χ1) is 18.6. The lowest BCUT2D eigenvalue weighted by atomic mass is 9.76. The van der Waals surface area contributed by atoms with Gasteiger partial charge < -0.3 is 21.1 Å². The summed E-state index contributed by atoms with van der Waals surface area (Å²) in [6.07, 6.45) is 3.23. The van der Waals surface area contributed by atoms with Crippen LogP contribution in [0.25, 0.3) is 0 Å². The predicted octanol–water partition coefficient (Wildman–Crippen LogP) is 3.00. The highest BCUT2D eigenvalue weighted by Gasteiger charge is 2.36. The summed E-state index contributed by atoms with van der Waals surface area (Å²) in [6, 6.07) is 8.98. The third-order valence-electron chi connectivity index (χ3n) is 7.82. The van der Waals surface area contributed by atoms with Crippen LogP contribution in [0.4, 0.5) is 14.5 Å². The largest absolute Gasteiger partial charge is 0.381 e. The Balaban J connectivity index is 1.53. The number of carbonyl (C=O) groups excluding carboxylic acids is 1. The zero-order valence-electron chi connectivity index (χ0n) is 22.4. The summed E-state index contributed by atoms with van der Waals surface area (Å²) in [5.74, 6) is -1.62. The third kappa shape index (κ3) is 7.20. The second-order valence-corrected chi connectivity index (χ2v) is 12.5. The summed E-state index contributed by atoms with van der Waals surface area (Å²) in [5, 5.41) is 6.08. The van der Waals surface area contributed by atoms with Crippen LogP contribution < -0.4 is 16.4 Å². The molecule has 0 radical (unpaired) electrons. The van der Waals surface area contributed by atoms with Gasteiger partial charge in [-0.1, -0.05) is 18.2 Å². The summed E-state index contributed by atoms with van der Waals surface area (Å²) in [5.41, 5.74) is 7.93. The molecule has 0 unspecified atom stereocenters. The predicted molar refractivity (Wildman–Crippen MR) is 147 cm³/mol. The number of carbonyl (C=O) groups is 1. The van der Waals surface area contributed by atoms with Gasteiger partial charge in [0.2, 0.25) is 15.9 Å². The van der Waals surface area contributed by atoms with Crippen molar-refractivity contribution in [3.63, 3.8) is 0 Å². The number of nitrogens with zero attached hydrogens (tertiary/aromatic N) is 1. The molecule has 0 spiro atoms. The normalized spacial score (nSPS) is 22.8. The lowest BCUT2D eigenvalue weighted by Gasteiger charge is -2.39. The number of anilines is 1. The zero-order valence-corrected chi connectivity index (χ0v) is 23.2. The van der Waals surface area contributed by atoms with Gasteiger partial charge in [0.1, 0.15) is 11.6 Å². The van der Waals surface area contributed by atoms with E-state index in [9.17, 15) is 17.6 Å². The molecule has 11 heteroatoms. The number of nitrogens with one attached hydrogen (secondary N) is 2. The molecule has 2 heterocycles. The molecule has 8 nitrogen and oxygen atoms in total. The molecule has 4 N–H and O–H groups in total. The van der Waals surface area contributed by atoms with E-state index in [0.29, 0.717) is 44.0 Å². The summed E-state index contributed by atoms with van der Waals surface area (Å²) in [7, 11) is -3.45. The number of rotatable bonds is 9. The van der Waals surface area contributed by atoms with E-state index in [0.717, 1.165) is 18.4 Å². The molecule has 2 aliphatic rings. The Kier molecular flexibility index (Phi) is 9.71. The Hall–Kier alpha value is -2.44. The average molecular weight is 565 g/mol. The number of halogens is 2. The minimum atomic E-state index is -3.45. The molecule has 0 saturated carbocycles. The van der Waals surface area contributed by atoms with Gasteiger partial charge in [-0.15, -0.1) is 0 Å². The number of piperazine rings is 1. The molecule has 214 valence electrons. The summed E-state index contributed by atoms with van der Waals surface area (Å²) >= 11 is 0. The van der Waals surface area contributed by atoms with Crippen LogP contribution in [0.2, 0.25) is 0 Å². The molecule has 1 amide bonds. The van der Waals surface area contributed by atoms with Crippen LogP contribution in [0.1, 0.15) is 43.2 Å². The highest BCUT2D eigenvalue weighted by Crippen LogP contribution is 2.35. The van der Waals surface area contributed by atoms with E-state index in [-0.39, 0.29) is 36.2 Å². The fourth-order valence-corrected chi connectivity index (χ4v) is 7.43. The van der Waals surface area contributed by atoms with Gasteiger partial charge in [-0.25, -0.2) is 17.2 Å². The molecule has 0 bridgehead atoms. The van der Waals surface area contributed by atoms with Gasteiger partial charge in [0, 0.05) is 55.6 Å². The number of nitrogens with two attached hydrogens (primary N) is 1. The first kappa shape index (κ1) is 29.5. The summed E-state index contributed by atoms with van der Waals surface area (Å²) < 4.78 is 60.5.